The molecule has 3 amide bonds. The second-order valence-corrected chi connectivity index (χ2v) is 9.91. The second-order valence-electron chi connectivity index (χ2n) is 9.55. The molecular formula is C24H37N3O5S. The molecule has 9 heteroatoms. The minimum Gasteiger partial charge on any atom is -0.508 e. The number of nitrogens with one attached hydrogen (secondary N) is 2. The van der Waals surface area contributed by atoms with E-state index in [9.17, 15) is 19.5 Å². The molecule has 3 N–H and O–H groups in total. The number of carbonyl (C=O) groups excluding carboxylic acids is 3. The molecule has 33 heavy (non-hydrogen) atoms. The van der Waals surface area contributed by atoms with Crippen molar-refractivity contribution < 1.29 is 24.2 Å². The zero-order chi connectivity index (χ0) is 24.8. The SMILES string of the molecule is CCCCNC(=O)C(c1cccc(O)c1)N(C(=O)C(CS)NC(=O)OC(C)(C)C)C1CC1C. The molecule has 0 saturated heterocycles. The van der Waals surface area contributed by atoms with Crippen LogP contribution in [0.15, 0.2) is 24.3 Å². The third-order valence-corrected chi connectivity index (χ3v) is 5.76. The lowest BCUT2D eigenvalue weighted by Crippen LogP contribution is -2.54. The summed E-state index contributed by atoms with van der Waals surface area (Å²) in [5.74, 6) is -0.479. The van der Waals surface area contributed by atoms with Crippen molar-refractivity contribution >= 4 is 30.5 Å². The summed E-state index contributed by atoms with van der Waals surface area (Å²) >= 11 is 4.28. The number of rotatable bonds is 10. The minimum atomic E-state index is -0.973. The van der Waals surface area contributed by atoms with Crippen LogP contribution in [0.25, 0.3) is 0 Å². The predicted octanol–water partition coefficient (Wildman–Crippen LogP) is 3.41. The van der Waals surface area contributed by atoms with Gasteiger partial charge in [-0.05, 0) is 57.2 Å². The average Bonchev–Trinajstić information content (AvgIpc) is 3.44. The first kappa shape index (κ1) is 26.8. The summed E-state index contributed by atoms with van der Waals surface area (Å²) in [6.07, 6.45) is 1.75. The molecule has 1 saturated carbocycles. The van der Waals surface area contributed by atoms with Crippen molar-refractivity contribution in [3.8, 4) is 5.75 Å². The predicted molar refractivity (Wildman–Crippen MR) is 130 cm³/mol. The van der Waals surface area contributed by atoms with Crippen LogP contribution in [0.5, 0.6) is 5.75 Å². The third kappa shape index (κ3) is 7.84. The summed E-state index contributed by atoms with van der Waals surface area (Å²) in [4.78, 5) is 40.9. The second kappa shape index (κ2) is 11.6. The standard InChI is InChI=1S/C24H37N3O5S/c1-6-7-11-25-21(29)20(16-9-8-10-17(28)13-16)27(19-12-15(19)2)22(30)18(14-33)26-23(31)32-24(3,4)5/h8-10,13,15,18-20,28,33H,6-7,11-12,14H2,1-5H3,(H,25,29)(H,26,31). The number of aromatic hydroxyl groups is 1. The number of phenols is 1. The molecule has 1 aliphatic carbocycles. The van der Waals surface area contributed by atoms with Gasteiger partial charge in [-0.2, -0.15) is 12.6 Å². The molecule has 8 nitrogen and oxygen atoms in total. The number of hydrogen-bond acceptors (Lipinski definition) is 6. The van der Waals surface area contributed by atoms with E-state index < -0.39 is 29.7 Å². The molecule has 0 radical (unpaired) electrons. The lowest BCUT2D eigenvalue weighted by Gasteiger charge is -2.34. The molecule has 1 aliphatic rings. The Morgan fingerprint density at radius 1 is 1.30 bits per heavy atom. The number of hydrogen-bond donors (Lipinski definition) is 4. The number of amides is 3. The van der Waals surface area contributed by atoms with Gasteiger partial charge in [-0.1, -0.05) is 32.4 Å². The average molecular weight is 480 g/mol. The Morgan fingerprint density at radius 2 is 1.97 bits per heavy atom. The largest absolute Gasteiger partial charge is 0.508 e. The molecule has 184 valence electrons. The van der Waals surface area contributed by atoms with Gasteiger partial charge in [0.05, 0.1) is 0 Å². The summed E-state index contributed by atoms with van der Waals surface area (Å²) in [5.41, 5.74) is -0.214. The van der Waals surface area contributed by atoms with Gasteiger partial charge >= 0.3 is 6.09 Å². The normalized spacial score (nSPS) is 19.2. The lowest BCUT2D eigenvalue weighted by molar-refractivity contribution is -0.143. The van der Waals surface area contributed by atoms with Gasteiger partial charge in [-0.15, -0.1) is 0 Å². The van der Waals surface area contributed by atoms with E-state index in [-0.39, 0.29) is 29.4 Å². The van der Waals surface area contributed by atoms with Crippen molar-refractivity contribution in [1.29, 1.82) is 0 Å². The van der Waals surface area contributed by atoms with Gasteiger partial charge < -0.3 is 25.4 Å². The Hall–Kier alpha value is -2.42. The molecule has 4 atom stereocenters. The monoisotopic (exact) mass is 479 g/mol. The Balaban J connectivity index is 2.38. The number of phenolic OH excluding ortho intramolecular Hbond substituents is 1. The molecule has 1 aromatic carbocycles. The highest BCUT2D eigenvalue weighted by atomic mass is 32.1. The van der Waals surface area contributed by atoms with Crippen LogP contribution in [0, 0.1) is 5.92 Å². The molecule has 1 aromatic rings. The van der Waals surface area contributed by atoms with Crippen LogP contribution in [0.2, 0.25) is 0 Å². The van der Waals surface area contributed by atoms with Crippen LogP contribution >= 0.6 is 12.6 Å². The number of benzene rings is 1. The fraction of sp³-hybridized carbons (Fsp3) is 0.625. The Bertz CT molecular complexity index is 842. The number of carbonyl (C=O) groups is 3. The van der Waals surface area contributed by atoms with E-state index in [1.54, 1.807) is 37.8 Å². The van der Waals surface area contributed by atoms with E-state index in [2.05, 4.69) is 23.3 Å². The van der Waals surface area contributed by atoms with Crippen LogP contribution < -0.4 is 10.6 Å². The highest BCUT2D eigenvalue weighted by Crippen LogP contribution is 2.41. The van der Waals surface area contributed by atoms with Crippen molar-refractivity contribution in [2.24, 2.45) is 5.92 Å². The molecular weight excluding hydrogens is 442 g/mol. The van der Waals surface area contributed by atoms with Crippen molar-refractivity contribution in [3.63, 3.8) is 0 Å². The van der Waals surface area contributed by atoms with Crippen LogP contribution in [-0.2, 0) is 14.3 Å². The first-order valence-electron chi connectivity index (χ1n) is 11.5. The fourth-order valence-corrected chi connectivity index (χ4v) is 3.85. The van der Waals surface area contributed by atoms with Gasteiger partial charge in [0.25, 0.3) is 0 Å². The number of ether oxygens (including phenoxy) is 1. The zero-order valence-corrected chi connectivity index (χ0v) is 21.0. The Kier molecular flexibility index (Phi) is 9.46. The number of nitrogens with zero attached hydrogens (tertiary/aromatic N) is 1. The summed E-state index contributed by atoms with van der Waals surface area (Å²) in [6, 6.07) is 4.29. The van der Waals surface area contributed by atoms with E-state index in [0.29, 0.717) is 12.1 Å². The molecule has 4 unspecified atom stereocenters. The van der Waals surface area contributed by atoms with Crippen LogP contribution in [0.3, 0.4) is 0 Å². The summed E-state index contributed by atoms with van der Waals surface area (Å²) in [6.45, 7) is 9.73. The van der Waals surface area contributed by atoms with Gasteiger partial charge in [0.2, 0.25) is 11.8 Å². The summed E-state index contributed by atoms with van der Waals surface area (Å²) < 4.78 is 5.30. The lowest BCUT2D eigenvalue weighted by atomic mass is 10.0. The van der Waals surface area contributed by atoms with E-state index in [4.69, 9.17) is 4.74 Å². The zero-order valence-electron chi connectivity index (χ0n) is 20.1. The molecule has 0 aromatic heterocycles. The summed E-state index contributed by atoms with van der Waals surface area (Å²) in [7, 11) is 0. The first-order chi connectivity index (χ1) is 15.5. The smallest absolute Gasteiger partial charge is 0.408 e. The number of thiol groups is 1. The van der Waals surface area contributed by atoms with E-state index in [0.717, 1.165) is 19.3 Å². The quantitative estimate of drug-likeness (QED) is 0.304. The molecule has 1 fully saturated rings. The highest BCUT2D eigenvalue weighted by molar-refractivity contribution is 7.80. The van der Waals surface area contributed by atoms with Crippen molar-refractivity contribution in [1.82, 2.24) is 15.5 Å². The molecule has 0 heterocycles. The summed E-state index contributed by atoms with van der Waals surface area (Å²) in [5, 5.41) is 15.6. The first-order valence-corrected chi connectivity index (χ1v) is 12.1. The van der Waals surface area contributed by atoms with Crippen LogP contribution in [0.4, 0.5) is 4.79 Å². The molecule has 2 rings (SSSR count). The van der Waals surface area contributed by atoms with Gasteiger partial charge in [0.1, 0.15) is 23.4 Å². The molecule has 0 aliphatic heterocycles. The van der Waals surface area contributed by atoms with Crippen molar-refractivity contribution in [2.45, 2.75) is 77.6 Å². The van der Waals surface area contributed by atoms with Gasteiger partial charge in [-0.25, -0.2) is 4.79 Å². The fourth-order valence-electron chi connectivity index (χ4n) is 3.61. The van der Waals surface area contributed by atoms with E-state index in [1.807, 2.05) is 13.8 Å². The maximum absolute atomic E-state index is 13.7. The van der Waals surface area contributed by atoms with E-state index >= 15 is 0 Å². The van der Waals surface area contributed by atoms with Gasteiger partial charge in [-0.3, -0.25) is 9.59 Å². The van der Waals surface area contributed by atoms with Crippen molar-refractivity contribution in [3.05, 3.63) is 29.8 Å². The van der Waals surface area contributed by atoms with Crippen LogP contribution in [0.1, 0.15) is 65.5 Å². The highest BCUT2D eigenvalue weighted by Gasteiger charge is 2.48. The minimum absolute atomic E-state index is 0.00716. The maximum atomic E-state index is 13.7. The maximum Gasteiger partial charge on any atom is 0.408 e. The number of alkyl carbamates (subject to hydrolysis) is 1. The van der Waals surface area contributed by atoms with Crippen molar-refractivity contribution in [2.75, 3.05) is 12.3 Å². The van der Waals surface area contributed by atoms with Gasteiger partial charge in [0, 0.05) is 18.3 Å². The van der Waals surface area contributed by atoms with Crippen LogP contribution in [-0.4, -0.2) is 57.9 Å². The molecule has 0 spiro atoms. The van der Waals surface area contributed by atoms with E-state index in [1.165, 1.54) is 12.1 Å². The molecule has 0 bridgehead atoms. The third-order valence-electron chi connectivity index (χ3n) is 5.39. The Labute approximate surface area is 201 Å². The Morgan fingerprint density at radius 3 is 2.48 bits per heavy atom. The number of unbranched alkanes of at least 4 members (excludes halogenated alkanes) is 1. The van der Waals surface area contributed by atoms with Gasteiger partial charge in [0.15, 0.2) is 0 Å². The topological polar surface area (TPSA) is 108 Å².